The summed E-state index contributed by atoms with van der Waals surface area (Å²) < 4.78 is 44.9. The summed E-state index contributed by atoms with van der Waals surface area (Å²) in [7, 11) is 1.60. The van der Waals surface area contributed by atoms with Gasteiger partial charge in [0.25, 0.3) is 0 Å². The van der Waals surface area contributed by atoms with Gasteiger partial charge >= 0.3 is 6.18 Å². The quantitative estimate of drug-likeness (QED) is 0.727. The van der Waals surface area contributed by atoms with Crippen molar-refractivity contribution in [2.75, 3.05) is 7.11 Å². The van der Waals surface area contributed by atoms with Gasteiger partial charge in [0, 0.05) is 25.0 Å². The van der Waals surface area contributed by atoms with Crippen LogP contribution in [-0.4, -0.2) is 17.8 Å². The zero-order valence-corrected chi connectivity index (χ0v) is 9.27. The Morgan fingerprint density at radius 1 is 1.44 bits per heavy atom. The van der Waals surface area contributed by atoms with Crippen molar-refractivity contribution in [1.29, 1.82) is 0 Å². The molecule has 1 aliphatic heterocycles. The Morgan fingerprint density at radius 3 is 2.69 bits per heavy atom. The van der Waals surface area contributed by atoms with Crippen LogP contribution >= 0.6 is 0 Å². The number of aryl methyl sites for hydroxylation is 1. The van der Waals surface area contributed by atoms with E-state index >= 15 is 0 Å². The number of hydrogen-bond acceptors (Lipinski definition) is 1. The van der Waals surface area contributed by atoms with E-state index in [1.807, 2.05) is 0 Å². The number of halogens is 3. The standard InChI is InChI=1S/C11H14F3NO/c1-7-10(11(12,13)14)5-8-3-4-9(16-2)6-15(7)8/h5,9H,3-4,6H2,1-2H3. The molecule has 90 valence electrons. The first kappa shape index (κ1) is 11.5. The molecule has 2 heterocycles. The minimum atomic E-state index is -4.25. The summed E-state index contributed by atoms with van der Waals surface area (Å²) in [6.45, 7) is 2.04. The van der Waals surface area contributed by atoms with Gasteiger partial charge < -0.3 is 9.30 Å². The summed E-state index contributed by atoms with van der Waals surface area (Å²) in [5.41, 5.74) is 0.543. The highest BCUT2D eigenvalue weighted by Crippen LogP contribution is 2.35. The molecule has 0 saturated carbocycles. The Bertz CT molecular complexity index is 395. The lowest BCUT2D eigenvalue weighted by Gasteiger charge is -2.24. The number of alkyl halides is 3. The van der Waals surface area contributed by atoms with Crippen molar-refractivity contribution in [1.82, 2.24) is 4.57 Å². The molecule has 1 aliphatic rings. The van der Waals surface area contributed by atoms with E-state index in [0.717, 1.165) is 12.1 Å². The predicted octanol–water partition coefficient (Wildman–Crippen LogP) is 2.78. The Kier molecular flexibility index (Phi) is 2.74. The van der Waals surface area contributed by atoms with E-state index in [-0.39, 0.29) is 6.10 Å². The molecule has 16 heavy (non-hydrogen) atoms. The first-order valence-electron chi connectivity index (χ1n) is 5.22. The van der Waals surface area contributed by atoms with Gasteiger partial charge in [-0.25, -0.2) is 0 Å². The van der Waals surface area contributed by atoms with Crippen LogP contribution in [0.1, 0.15) is 23.4 Å². The summed E-state index contributed by atoms with van der Waals surface area (Å²) >= 11 is 0. The van der Waals surface area contributed by atoms with Crippen molar-refractivity contribution in [2.24, 2.45) is 0 Å². The smallest absolute Gasteiger partial charge is 0.380 e. The average Bonchev–Trinajstić information content (AvgIpc) is 2.55. The highest BCUT2D eigenvalue weighted by atomic mass is 19.4. The number of hydrogen-bond donors (Lipinski definition) is 0. The molecule has 0 spiro atoms. The maximum absolute atomic E-state index is 12.7. The predicted molar refractivity (Wildman–Crippen MR) is 53.3 cm³/mol. The molecule has 0 amide bonds. The molecule has 5 heteroatoms. The highest BCUT2D eigenvalue weighted by Gasteiger charge is 2.36. The molecular weight excluding hydrogens is 219 g/mol. The minimum absolute atomic E-state index is 0.0275. The molecule has 0 aliphatic carbocycles. The van der Waals surface area contributed by atoms with Gasteiger partial charge in [0.1, 0.15) is 0 Å². The normalized spacial score (nSPS) is 20.9. The topological polar surface area (TPSA) is 14.2 Å². The first-order valence-corrected chi connectivity index (χ1v) is 5.22. The largest absolute Gasteiger partial charge is 0.418 e. The van der Waals surface area contributed by atoms with Gasteiger partial charge in [-0.15, -0.1) is 0 Å². The Balaban J connectivity index is 2.38. The molecule has 1 atom stereocenters. The molecule has 1 unspecified atom stereocenters. The van der Waals surface area contributed by atoms with E-state index in [9.17, 15) is 13.2 Å². The molecule has 2 nitrogen and oxygen atoms in total. The van der Waals surface area contributed by atoms with Crippen LogP contribution in [0.2, 0.25) is 0 Å². The molecule has 0 radical (unpaired) electrons. The molecular formula is C11H14F3NO. The van der Waals surface area contributed by atoms with Crippen molar-refractivity contribution in [3.05, 3.63) is 23.0 Å². The second-order valence-corrected chi connectivity index (χ2v) is 4.14. The van der Waals surface area contributed by atoms with E-state index in [1.54, 1.807) is 11.7 Å². The van der Waals surface area contributed by atoms with Gasteiger partial charge in [0.05, 0.1) is 11.7 Å². The number of ether oxygens (including phenoxy) is 1. The van der Waals surface area contributed by atoms with Crippen LogP contribution in [0.4, 0.5) is 13.2 Å². The molecule has 0 bridgehead atoms. The Morgan fingerprint density at radius 2 is 2.12 bits per heavy atom. The molecule has 0 aromatic carbocycles. The summed E-state index contributed by atoms with van der Waals surface area (Å²) in [4.78, 5) is 0. The third-order valence-electron chi connectivity index (χ3n) is 3.20. The van der Waals surface area contributed by atoms with Crippen molar-refractivity contribution in [2.45, 2.75) is 38.6 Å². The zero-order valence-electron chi connectivity index (χ0n) is 9.27. The lowest BCUT2D eigenvalue weighted by Crippen LogP contribution is -2.26. The van der Waals surface area contributed by atoms with Crippen molar-refractivity contribution in [3.8, 4) is 0 Å². The monoisotopic (exact) mass is 233 g/mol. The van der Waals surface area contributed by atoms with Gasteiger partial charge in [0.2, 0.25) is 0 Å². The minimum Gasteiger partial charge on any atom is -0.380 e. The second-order valence-electron chi connectivity index (χ2n) is 4.14. The van der Waals surface area contributed by atoms with Crippen molar-refractivity contribution < 1.29 is 17.9 Å². The van der Waals surface area contributed by atoms with Crippen LogP contribution in [0, 0.1) is 6.92 Å². The van der Waals surface area contributed by atoms with Gasteiger partial charge in [-0.3, -0.25) is 0 Å². The van der Waals surface area contributed by atoms with Gasteiger partial charge in [-0.2, -0.15) is 13.2 Å². The summed E-state index contributed by atoms with van der Waals surface area (Å²) in [6, 6.07) is 1.27. The summed E-state index contributed by atoms with van der Waals surface area (Å²) in [5, 5.41) is 0. The fourth-order valence-corrected chi connectivity index (χ4v) is 2.25. The summed E-state index contributed by atoms with van der Waals surface area (Å²) in [6.07, 6.45) is -2.79. The fraction of sp³-hybridized carbons (Fsp3) is 0.636. The Hall–Kier alpha value is -0.970. The average molecular weight is 233 g/mol. The van der Waals surface area contributed by atoms with Crippen LogP contribution in [0.15, 0.2) is 6.07 Å². The second kappa shape index (κ2) is 3.80. The maximum atomic E-state index is 12.7. The van der Waals surface area contributed by atoms with E-state index in [2.05, 4.69) is 0 Å². The molecule has 0 fully saturated rings. The van der Waals surface area contributed by atoms with Gasteiger partial charge in [-0.05, 0) is 25.8 Å². The molecule has 2 rings (SSSR count). The number of aromatic nitrogens is 1. The molecule has 0 saturated heterocycles. The number of rotatable bonds is 1. The number of fused-ring (bicyclic) bond motifs is 1. The summed E-state index contributed by atoms with van der Waals surface area (Å²) in [5.74, 6) is 0. The van der Waals surface area contributed by atoms with E-state index < -0.39 is 11.7 Å². The number of nitrogens with zero attached hydrogens (tertiary/aromatic N) is 1. The SMILES string of the molecule is COC1CCc2cc(C(F)(F)F)c(C)n2C1. The van der Waals surface area contributed by atoms with Crippen LogP contribution in [-0.2, 0) is 23.9 Å². The third-order valence-corrected chi connectivity index (χ3v) is 3.20. The third kappa shape index (κ3) is 1.84. The number of methoxy groups -OCH3 is 1. The molecule has 1 aromatic heterocycles. The molecule has 0 N–H and O–H groups in total. The lowest BCUT2D eigenvalue weighted by atomic mass is 10.1. The van der Waals surface area contributed by atoms with Crippen molar-refractivity contribution in [3.63, 3.8) is 0 Å². The van der Waals surface area contributed by atoms with E-state index in [4.69, 9.17) is 4.74 Å². The van der Waals surface area contributed by atoms with Crippen LogP contribution in [0.5, 0.6) is 0 Å². The van der Waals surface area contributed by atoms with Gasteiger partial charge in [-0.1, -0.05) is 0 Å². The van der Waals surface area contributed by atoms with Gasteiger partial charge in [0.15, 0.2) is 0 Å². The van der Waals surface area contributed by atoms with E-state index in [1.165, 1.54) is 13.0 Å². The first-order chi connectivity index (χ1) is 7.43. The molecule has 1 aromatic rings. The van der Waals surface area contributed by atoms with Crippen LogP contribution in [0.3, 0.4) is 0 Å². The Labute approximate surface area is 92.0 Å². The van der Waals surface area contributed by atoms with Crippen LogP contribution in [0.25, 0.3) is 0 Å². The van der Waals surface area contributed by atoms with Crippen LogP contribution < -0.4 is 0 Å². The zero-order chi connectivity index (χ0) is 11.9. The lowest BCUT2D eigenvalue weighted by molar-refractivity contribution is -0.138. The van der Waals surface area contributed by atoms with Crippen molar-refractivity contribution >= 4 is 0 Å². The van der Waals surface area contributed by atoms with E-state index in [0.29, 0.717) is 18.7 Å². The fourth-order valence-electron chi connectivity index (χ4n) is 2.25. The maximum Gasteiger partial charge on any atom is 0.418 e. The highest BCUT2D eigenvalue weighted by molar-refractivity contribution is 5.31.